The fraction of sp³-hybridized carbons (Fsp3) is 0.121. The Labute approximate surface area is 230 Å². The van der Waals surface area contributed by atoms with Gasteiger partial charge in [0.15, 0.2) is 5.76 Å². The maximum Gasteiger partial charge on any atom is 0.336 e. The van der Waals surface area contributed by atoms with Crippen LogP contribution in [0.1, 0.15) is 34.1 Å². The zero-order valence-corrected chi connectivity index (χ0v) is 21.9. The van der Waals surface area contributed by atoms with Crippen molar-refractivity contribution in [2.75, 3.05) is 13.1 Å². The second-order valence-electron chi connectivity index (χ2n) is 9.97. The van der Waals surface area contributed by atoms with Crippen LogP contribution in [0.2, 0.25) is 0 Å². The first-order valence-electron chi connectivity index (χ1n) is 13.3. The number of pyridine rings is 1. The van der Waals surface area contributed by atoms with Crippen LogP contribution in [-0.4, -0.2) is 43.8 Å². The van der Waals surface area contributed by atoms with Gasteiger partial charge in [0.05, 0.1) is 22.5 Å². The van der Waals surface area contributed by atoms with E-state index in [0.29, 0.717) is 41.0 Å². The second kappa shape index (κ2) is 9.63. The summed E-state index contributed by atoms with van der Waals surface area (Å²) in [6.07, 6.45) is 4.08. The lowest BCUT2D eigenvalue weighted by atomic mass is 9.92. The van der Waals surface area contributed by atoms with Crippen molar-refractivity contribution >= 4 is 39.5 Å². The third-order valence-electron chi connectivity index (χ3n) is 7.49. The molecule has 3 aromatic carbocycles. The van der Waals surface area contributed by atoms with Crippen molar-refractivity contribution in [3.8, 4) is 17.1 Å². The van der Waals surface area contributed by atoms with Crippen molar-refractivity contribution in [3.63, 3.8) is 0 Å². The quantitative estimate of drug-likeness (QED) is 0.263. The van der Waals surface area contributed by atoms with E-state index in [-0.39, 0.29) is 0 Å². The van der Waals surface area contributed by atoms with E-state index in [1.807, 2.05) is 95.8 Å². The molecular formula is C33H26N4O3. The van der Waals surface area contributed by atoms with Gasteiger partial charge in [-0.05, 0) is 48.5 Å². The zero-order chi connectivity index (χ0) is 27.2. The van der Waals surface area contributed by atoms with E-state index in [1.165, 1.54) is 0 Å². The number of furan rings is 1. The Kier molecular flexibility index (Phi) is 5.79. The Hall–Kier alpha value is -5.01. The molecule has 0 spiro atoms. The smallest absolute Gasteiger partial charge is 0.336 e. The Bertz CT molecular complexity index is 1900. The van der Waals surface area contributed by atoms with E-state index in [4.69, 9.17) is 14.5 Å². The molecule has 0 fully saturated rings. The number of hydrogen-bond acceptors (Lipinski definition) is 5. The number of aromatic nitrogens is 3. The number of hydrogen-bond donors (Lipinski definition) is 1. The highest BCUT2D eigenvalue weighted by Gasteiger charge is 2.28. The second-order valence-corrected chi connectivity index (χ2v) is 9.97. The highest BCUT2D eigenvalue weighted by molar-refractivity contribution is 6.06. The molecular weight excluding hydrogens is 500 g/mol. The van der Waals surface area contributed by atoms with Gasteiger partial charge in [-0.25, -0.2) is 14.5 Å². The molecule has 0 radical (unpaired) electrons. The molecule has 0 bridgehead atoms. The molecule has 0 aliphatic carbocycles. The van der Waals surface area contributed by atoms with E-state index < -0.39 is 5.97 Å². The van der Waals surface area contributed by atoms with Crippen LogP contribution in [0.3, 0.4) is 0 Å². The predicted octanol–water partition coefficient (Wildman–Crippen LogP) is 6.91. The summed E-state index contributed by atoms with van der Waals surface area (Å²) >= 11 is 0. The largest absolute Gasteiger partial charge is 0.478 e. The van der Waals surface area contributed by atoms with E-state index in [9.17, 15) is 9.90 Å². The van der Waals surface area contributed by atoms with Crippen molar-refractivity contribution in [1.82, 2.24) is 19.7 Å². The molecule has 4 heterocycles. The highest BCUT2D eigenvalue weighted by atomic mass is 16.4. The van der Waals surface area contributed by atoms with Crippen molar-refractivity contribution in [2.24, 2.45) is 0 Å². The molecule has 1 aliphatic rings. The van der Waals surface area contributed by atoms with Gasteiger partial charge in [0.2, 0.25) is 0 Å². The minimum absolute atomic E-state index is 0.321. The molecule has 0 atom stereocenters. The standard InChI is InChI=1S/C33H26N4O3/c1-2-36-18-22(31-26(20-36)30(33(38)39)25-13-7-8-14-27(25)34-31)16-23-19-37(24-11-4-3-5-12-24)35-32(23)29-17-21-10-6-9-15-28(21)40-29/h3-17,19H,2,18,20H2,1H3,(H,38,39)/b22-16-. The summed E-state index contributed by atoms with van der Waals surface area (Å²) in [7, 11) is 0. The highest BCUT2D eigenvalue weighted by Crippen LogP contribution is 2.36. The number of para-hydroxylation sites is 3. The monoisotopic (exact) mass is 526 g/mol. The average molecular weight is 527 g/mol. The summed E-state index contributed by atoms with van der Waals surface area (Å²) in [6.45, 7) is 4.04. The lowest BCUT2D eigenvalue weighted by Gasteiger charge is -2.30. The van der Waals surface area contributed by atoms with Crippen LogP contribution in [0.25, 0.3) is 50.7 Å². The molecule has 7 nitrogen and oxygen atoms in total. The number of carboxylic acids is 1. The summed E-state index contributed by atoms with van der Waals surface area (Å²) in [5, 5.41) is 16.9. The molecule has 1 N–H and O–H groups in total. The number of benzene rings is 3. The van der Waals surface area contributed by atoms with Crippen LogP contribution in [0.4, 0.5) is 0 Å². The van der Waals surface area contributed by atoms with E-state index in [1.54, 1.807) is 0 Å². The minimum Gasteiger partial charge on any atom is -0.478 e. The number of aromatic carboxylic acids is 1. The van der Waals surface area contributed by atoms with Crippen LogP contribution in [0.5, 0.6) is 0 Å². The van der Waals surface area contributed by atoms with Crippen LogP contribution >= 0.6 is 0 Å². The molecule has 1 aliphatic heterocycles. The average Bonchev–Trinajstić information content (AvgIpc) is 3.60. The molecule has 40 heavy (non-hydrogen) atoms. The third kappa shape index (κ3) is 4.08. The van der Waals surface area contributed by atoms with Crippen LogP contribution in [-0.2, 0) is 6.54 Å². The number of carbonyl (C=O) groups is 1. The van der Waals surface area contributed by atoms with Gasteiger partial charge in [-0.2, -0.15) is 5.10 Å². The normalized spacial score (nSPS) is 14.7. The number of fused-ring (bicyclic) bond motifs is 3. The molecule has 0 saturated heterocycles. The maximum absolute atomic E-state index is 12.5. The van der Waals surface area contributed by atoms with E-state index in [2.05, 4.69) is 17.9 Å². The lowest BCUT2D eigenvalue weighted by molar-refractivity contribution is 0.0696. The van der Waals surface area contributed by atoms with E-state index in [0.717, 1.165) is 45.6 Å². The predicted molar refractivity (Wildman–Crippen MR) is 156 cm³/mol. The molecule has 7 rings (SSSR count). The van der Waals surface area contributed by atoms with Crippen LogP contribution in [0.15, 0.2) is 95.5 Å². The topological polar surface area (TPSA) is 84.4 Å². The minimum atomic E-state index is -0.938. The molecule has 0 saturated carbocycles. The number of nitrogens with zero attached hydrogens (tertiary/aromatic N) is 4. The first kappa shape index (κ1) is 24.1. The van der Waals surface area contributed by atoms with Gasteiger partial charge in [-0.3, -0.25) is 4.90 Å². The fourth-order valence-electron chi connectivity index (χ4n) is 5.53. The Morgan fingerprint density at radius 3 is 2.55 bits per heavy atom. The summed E-state index contributed by atoms with van der Waals surface area (Å²) in [6, 6.07) is 27.3. The molecule has 6 aromatic rings. The molecule has 196 valence electrons. The Morgan fingerprint density at radius 1 is 0.975 bits per heavy atom. The first-order valence-corrected chi connectivity index (χ1v) is 13.3. The van der Waals surface area contributed by atoms with Crippen molar-refractivity contribution in [3.05, 3.63) is 114 Å². The molecule has 0 amide bonds. The van der Waals surface area contributed by atoms with Crippen LogP contribution < -0.4 is 0 Å². The van der Waals surface area contributed by atoms with Crippen molar-refractivity contribution in [1.29, 1.82) is 0 Å². The number of likely N-dealkylation sites (N-methyl/N-ethyl adjacent to an activating group) is 1. The number of rotatable bonds is 5. The molecule has 7 heteroatoms. The summed E-state index contributed by atoms with van der Waals surface area (Å²) in [4.78, 5) is 19.8. The van der Waals surface area contributed by atoms with Crippen molar-refractivity contribution in [2.45, 2.75) is 13.5 Å². The van der Waals surface area contributed by atoms with Gasteiger partial charge in [-0.15, -0.1) is 0 Å². The van der Waals surface area contributed by atoms with Crippen molar-refractivity contribution < 1.29 is 14.3 Å². The van der Waals surface area contributed by atoms with E-state index >= 15 is 0 Å². The van der Waals surface area contributed by atoms with Gasteiger partial charge < -0.3 is 9.52 Å². The third-order valence-corrected chi connectivity index (χ3v) is 7.49. The first-order chi connectivity index (χ1) is 19.6. The maximum atomic E-state index is 12.5. The molecule has 3 aromatic heterocycles. The Balaban J connectivity index is 1.46. The van der Waals surface area contributed by atoms with Gasteiger partial charge in [0, 0.05) is 41.2 Å². The van der Waals surface area contributed by atoms with Gasteiger partial charge in [0.1, 0.15) is 11.3 Å². The summed E-state index contributed by atoms with van der Waals surface area (Å²) < 4.78 is 8.10. The summed E-state index contributed by atoms with van der Waals surface area (Å²) in [5.74, 6) is -0.268. The van der Waals surface area contributed by atoms with Crippen LogP contribution in [0, 0.1) is 0 Å². The zero-order valence-electron chi connectivity index (χ0n) is 21.9. The molecule has 0 unspecified atom stereocenters. The summed E-state index contributed by atoms with van der Waals surface area (Å²) in [5.41, 5.74) is 6.71. The van der Waals surface area contributed by atoms with Gasteiger partial charge in [0.25, 0.3) is 0 Å². The fourth-order valence-corrected chi connectivity index (χ4v) is 5.53. The van der Waals surface area contributed by atoms with Gasteiger partial charge in [-0.1, -0.05) is 61.5 Å². The van der Waals surface area contributed by atoms with Gasteiger partial charge >= 0.3 is 5.97 Å². The lowest BCUT2D eigenvalue weighted by Crippen LogP contribution is -2.31. The SMILES string of the molecule is CCN1C/C(=C/c2cn(-c3ccccc3)nc2-c2cc3ccccc3o2)c2nc3ccccc3c(C(=O)O)c2C1. The Morgan fingerprint density at radius 2 is 1.75 bits per heavy atom. The number of carboxylic acid groups (broad SMARTS) is 1.